The number of hydrogen-bond donors (Lipinski definition) is 1. The van der Waals surface area contributed by atoms with Crippen molar-refractivity contribution in [3.8, 4) is 6.07 Å². The first-order valence-corrected chi connectivity index (χ1v) is 7.59. The average molecular weight is 288 g/mol. The summed E-state index contributed by atoms with van der Waals surface area (Å²) in [6.07, 6.45) is 1.36. The Balaban J connectivity index is 2.85. The number of nitrogens with two attached hydrogens (primary N) is 1. The van der Waals surface area contributed by atoms with E-state index >= 15 is 0 Å². The highest BCUT2D eigenvalue weighted by molar-refractivity contribution is 7.86. The minimum absolute atomic E-state index is 0.121. The number of nitrogens with zero attached hydrogens (tertiary/aromatic N) is 3. The van der Waals surface area contributed by atoms with Crippen LogP contribution in [0, 0.1) is 17.2 Å². The van der Waals surface area contributed by atoms with Gasteiger partial charge < -0.3 is 5.73 Å². The van der Waals surface area contributed by atoms with Crippen molar-refractivity contribution in [3.63, 3.8) is 0 Å². The van der Waals surface area contributed by atoms with Gasteiger partial charge in [0, 0.05) is 32.6 Å². The highest BCUT2D eigenvalue weighted by Gasteiger charge is 2.37. The summed E-state index contributed by atoms with van der Waals surface area (Å²) in [6.45, 7) is 2.08. The lowest BCUT2D eigenvalue weighted by Crippen LogP contribution is -2.52. The van der Waals surface area contributed by atoms with Crippen LogP contribution in [0.2, 0.25) is 0 Å². The summed E-state index contributed by atoms with van der Waals surface area (Å²) in [5, 5.41) is 8.51. The zero-order chi connectivity index (χ0) is 14.6. The molecule has 108 valence electrons. The van der Waals surface area contributed by atoms with Gasteiger partial charge in [-0.15, -0.1) is 0 Å². The lowest BCUT2D eigenvalue weighted by atomic mass is 9.95. The van der Waals surface area contributed by atoms with E-state index in [2.05, 4.69) is 0 Å². The Kier molecular flexibility index (Phi) is 5.29. The van der Waals surface area contributed by atoms with Gasteiger partial charge in [-0.3, -0.25) is 4.79 Å². The minimum atomic E-state index is -3.64. The maximum absolute atomic E-state index is 12.4. The molecule has 8 heteroatoms. The Morgan fingerprint density at radius 1 is 1.53 bits per heavy atom. The van der Waals surface area contributed by atoms with E-state index < -0.39 is 22.0 Å². The van der Waals surface area contributed by atoms with Gasteiger partial charge in [-0.25, -0.2) is 0 Å². The summed E-state index contributed by atoms with van der Waals surface area (Å²) in [7, 11) is -2.20. The van der Waals surface area contributed by atoms with Gasteiger partial charge in [-0.05, 0) is 19.8 Å². The van der Waals surface area contributed by atoms with E-state index in [0.29, 0.717) is 12.8 Å². The molecule has 2 unspecified atom stereocenters. The molecule has 0 aromatic carbocycles. The third-order valence-corrected chi connectivity index (χ3v) is 5.53. The van der Waals surface area contributed by atoms with Gasteiger partial charge in [0.2, 0.25) is 5.91 Å². The summed E-state index contributed by atoms with van der Waals surface area (Å²) in [5.74, 6) is -0.901. The first-order chi connectivity index (χ1) is 8.80. The number of amides is 1. The number of piperidine rings is 1. The molecule has 1 aliphatic rings. The van der Waals surface area contributed by atoms with Crippen molar-refractivity contribution in [3.05, 3.63) is 0 Å². The van der Waals surface area contributed by atoms with Crippen LogP contribution in [0.5, 0.6) is 0 Å². The second-order valence-electron chi connectivity index (χ2n) is 4.83. The Bertz CT molecular complexity index is 471. The minimum Gasteiger partial charge on any atom is -0.369 e. The quantitative estimate of drug-likeness (QED) is 0.746. The standard InChI is InChI=1S/C11H20N4O3S/c1-9-4-5-10(11(13)16)8-15(9)19(17,18)14(2)7-3-6-12/h9-10H,3-5,7-8H2,1-2H3,(H2,13,16). The van der Waals surface area contributed by atoms with E-state index in [1.54, 1.807) is 0 Å². The largest absolute Gasteiger partial charge is 0.369 e. The van der Waals surface area contributed by atoms with Crippen LogP contribution in [-0.2, 0) is 15.0 Å². The van der Waals surface area contributed by atoms with Crippen molar-refractivity contribution in [2.45, 2.75) is 32.2 Å². The van der Waals surface area contributed by atoms with Crippen LogP contribution < -0.4 is 5.73 Å². The Morgan fingerprint density at radius 3 is 2.68 bits per heavy atom. The second-order valence-corrected chi connectivity index (χ2v) is 6.82. The Morgan fingerprint density at radius 2 is 2.16 bits per heavy atom. The van der Waals surface area contributed by atoms with E-state index in [4.69, 9.17) is 11.0 Å². The van der Waals surface area contributed by atoms with E-state index in [0.717, 1.165) is 4.31 Å². The van der Waals surface area contributed by atoms with Crippen LogP contribution in [0.4, 0.5) is 0 Å². The molecule has 0 bridgehead atoms. The maximum atomic E-state index is 12.4. The molecule has 0 aromatic heterocycles. The Hall–Kier alpha value is -1.17. The fourth-order valence-electron chi connectivity index (χ4n) is 2.13. The van der Waals surface area contributed by atoms with Gasteiger partial charge in [-0.1, -0.05) is 0 Å². The van der Waals surface area contributed by atoms with E-state index in [1.807, 2.05) is 13.0 Å². The third-order valence-electron chi connectivity index (χ3n) is 3.46. The van der Waals surface area contributed by atoms with Crippen molar-refractivity contribution in [1.82, 2.24) is 8.61 Å². The molecule has 0 radical (unpaired) electrons. The van der Waals surface area contributed by atoms with Gasteiger partial charge in [0.15, 0.2) is 0 Å². The Labute approximate surface area is 114 Å². The summed E-state index contributed by atoms with van der Waals surface area (Å²) in [6, 6.07) is 1.75. The molecule has 2 atom stereocenters. The monoisotopic (exact) mass is 288 g/mol. The molecule has 1 heterocycles. The van der Waals surface area contributed by atoms with Crippen LogP contribution in [-0.4, -0.2) is 49.1 Å². The van der Waals surface area contributed by atoms with Crippen LogP contribution in [0.25, 0.3) is 0 Å². The predicted molar refractivity (Wildman–Crippen MR) is 69.9 cm³/mol. The summed E-state index contributed by atoms with van der Waals surface area (Å²) in [5.41, 5.74) is 5.26. The van der Waals surface area contributed by atoms with Gasteiger partial charge in [0.05, 0.1) is 12.0 Å². The first kappa shape index (κ1) is 15.9. The molecule has 0 spiro atoms. The topological polar surface area (TPSA) is 108 Å². The van der Waals surface area contributed by atoms with Crippen LogP contribution in [0.3, 0.4) is 0 Å². The highest BCUT2D eigenvalue weighted by Crippen LogP contribution is 2.25. The third kappa shape index (κ3) is 3.65. The lowest BCUT2D eigenvalue weighted by molar-refractivity contribution is -0.123. The predicted octanol–water partition coefficient (Wildman–Crippen LogP) is -0.338. The summed E-state index contributed by atoms with van der Waals surface area (Å²) in [4.78, 5) is 11.2. The lowest BCUT2D eigenvalue weighted by Gasteiger charge is -2.37. The number of primary amides is 1. The zero-order valence-electron chi connectivity index (χ0n) is 11.2. The van der Waals surface area contributed by atoms with Crippen molar-refractivity contribution < 1.29 is 13.2 Å². The number of nitriles is 1. The normalized spacial score (nSPS) is 25.2. The maximum Gasteiger partial charge on any atom is 0.282 e. The number of rotatable bonds is 5. The number of hydrogen-bond acceptors (Lipinski definition) is 4. The van der Waals surface area contributed by atoms with Gasteiger partial charge in [0.1, 0.15) is 0 Å². The van der Waals surface area contributed by atoms with Gasteiger partial charge in [0.25, 0.3) is 10.2 Å². The summed E-state index contributed by atoms with van der Waals surface area (Å²) >= 11 is 0. The van der Waals surface area contributed by atoms with E-state index in [-0.39, 0.29) is 25.6 Å². The molecule has 1 saturated heterocycles. The van der Waals surface area contributed by atoms with Crippen molar-refractivity contribution in [1.29, 1.82) is 5.26 Å². The molecular weight excluding hydrogens is 268 g/mol. The zero-order valence-corrected chi connectivity index (χ0v) is 12.1. The fraction of sp³-hybridized carbons (Fsp3) is 0.818. The van der Waals surface area contributed by atoms with E-state index in [9.17, 15) is 13.2 Å². The van der Waals surface area contributed by atoms with Crippen LogP contribution in [0.1, 0.15) is 26.2 Å². The molecule has 2 N–H and O–H groups in total. The average Bonchev–Trinajstić information content (AvgIpc) is 2.35. The summed E-state index contributed by atoms with van der Waals surface area (Å²) < 4.78 is 27.2. The second kappa shape index (κ2) is 6.32. The smallest absolute Gasteiger partial charge is 0.282 e. The molecule has 0 aliphatic carbocycles. The molecule has 1 rings (SSSR count). The van der Waals surface area contributed by atoms with Gasteiger partial charge in [-0.2, -0.15) is 22.3 Å². The van der Waals surface area contributed by atoms with Crippen LogP contribution in [0.15, 0.2) is 0 Å². The molecule has 19 heavy (non-hydrogen) atoms. The fourth-order valence-corrected chi connectivity index (χ4v) is 3.74. The highest BCUT2D eigenvalue weighted by atomic mass is 32.2. The molecule has 1 amide bonds. The number of carbonyl (C=O) groups is 1. The van der Waals surface area contributed by atoms with Crippen molar-refractivity contribution >= 4 is 16.1 Å². The molecule has 0 saturated carbocycles. The van der Waals surface area contributed by atoms with Crippen LogP contribution >= 0.6 is 0 Å². The molecule has 1 fully saturated rings. The molecule has 7 nitrogen and oxygen atoms in total. The van der Waals surface area contributed by atoms with Gasteiger partial charge >= 0.3 is 0 Å². The van der Waals surface area contributed by atoms with E-state index in [1.165, 1.54) is 11.4 Å². The van der Waals surface area contributed by atoms with Crippen molar-refractivity contribution in [2.24, 2.45) is 11.7 Å². The molecular formula is C11H20N4O3S. The number of carbonyl (C=O) groups excluding carboxylic acids is 1. The first-order valence-electron chi connectivity index (χ1n) is 6.20. The van der Waals surface area contributed by atoms with Crippen molar-refractivity contribution in [2.75, 3.05) is 20.1 Å². The molecule has 0 aromatic rings. The molecule has 1 aliphatic heterocycles. The SMILES string of the molecule is CC1CCC(C(N)=O)CN1S(=O)(=O)N(C)CCC#N.